The predicted molar refractivity (Wildman–Crippen MR) is 205 cm³/mol. The number of rotatable bonds is 28. The molecule has 0 radical (unpaired) electrons. The summed E-state index contributed by atoms with van der Waals surface area (Å²) in [6, 6.07) is 0. The summed E-state index contributed by atoms with van der Waals surface area (Å²) >= 11 is 0. The Bertz CT molecular complexity index is 1020. The van der Waals surface area contributed by atoms with E-state index in [2.05, 4.69) is 135 Å². The van der Waals surface area contributed by atoms with Crippen LogP contribution in [-0.4, -0.2) is 11.9 Å². The Kier molecular flexibility index (Phi) is 47.4. The van der Waals surface area contributed by atoms with E-state index in [0.717, 1.165) is 77.0 Å². The predicted octanol–water partition coefficient (Wildman–Crippen LogP) is 10.4. The Hall–Kier alpha value is -3.52. The van der Waals surface area contributed by atoms with Gasteiger partial charge in [0.15, 0.2) is 0 Å². The minimum Gasteiger partial charge on any atom is -0.550 e. The van der Waals surface area contributed by atoms with E-state index < -0.39 is 11.9 Å². The first-order valence-corrected chi connectivity index (χ1v) is 17.7. The van der Waals surface area contributed by atoms with Gasteiger partial charge >= 0.3 is 20.4 Å². The molecule has 4 nitrogen and oxygen atoms in total. The number of hydrogen-bond acceptors (Lipinski definition) is 4. The normalized spacial score (nSPS) is 12.8. The van der Waals surface area contributed by atoms with Crippen LogP contribution < -0.4 is 10.2 Å². The van der Waals surface area contributed by atoms with Crippen LogP contribution in [0.1, 0.15) is 117 Å². The van der Waals surface area contributed by atoms with Crippen LogP contribution in [0, 0.1) is 0 Å². The summed E-state index contributed by atoms with van der Waals surface area (Å²) in [4.78, 5) is 20.4. The zero-order valence-corrected chi connectivity index (χ0v) is 31.7. The van der Waals surface area contributed by atoms with Crippen LogP contribution in [0.5, 0.6) is 0 Å². The molecule has 0 aromatic carbocycles. The standard InChI is InChI=1S/2C22H32O2.Pd/c2*1-2-3-4-5-6-7-8-9-10-11-12-13-14-15-16-17-18-19-20-21-22(23)24;/h2*3-4,6-7,9-10,12-13,15-16,18-19H,2,5,8,11,14,17,20-21H2,1H3,(H,23,24);/q;;+2/p-2/b2*4-3-,7-6-,10-9-,13-12-,16-15-,19-18-;. The molecule has 0 aliphatic rings. The van der Waals surface area contributed by atoms with E-state index in [9.17, 15) is 19.8 Å². The van der Waals surface area contributed by atoms with Crippen molar-refractivity contribution in [2.75, 3.05) is 0 Å². The van der Waals surface area contributed by atoms with Gasteiger partial charge in [-0.15, -0.1) is 0 Å². The number of hydrogen-bond donors (Lipinski definition) is 0. The van der Waals surface area contributed by atoms with Gasteiger partial charge in [0, 0.05) is 11.9 Å². The summed E-state index contributed by atoms with van der Waals surface area (Å²) in [6.45, 7) is 4.29. The summed E-state index contributed by atoms with van der Waals surface area (Å²) < 4.78 is 0. The van der Waals surface area contributed by atoms with Crippen molar-refractivity contribution in [2.24, 2.45) is 0 Å². The molecule has 5 heteroatoms. The van der Waals surface area contributed by atoms with Gasteiger partial charge in [-0.2, -0.15) is 0 Å². The number of allylic oxidation sites excluding steroid dienone is 24. The third kappa shape index (κ3) is 54.2. The van der Waals surface area contributed by atoms with Gasteiger partial charge in [0.05, 0.1) is 0 Å². The fraction of sp³-hybridized carbons (Fsp3) is 0.409. The van der Waals surface area contributed by atoms with Crippen LogP contribution in [0.2, 0.25) is 0 Å². The van der Waals surface area contributed by atoms with Crippen molar-refractivity contribution in [2.45, 2.75) is 117 Å². The van der Waals surface area contributed by atoms with Gasteiger partial charge in [-0.05, 0) is 103 Å². The number of carboxylic acid groups (broad SMARTS) is 2. The Labute approximate surface area is 313 Å². The van der Waals surface area contributed by atoms with Gasteiger partial charge in [0.1, 0.15) is 0 Å². The van der Waals surface area contributed by atoms with E-state index in [0.29, 0.717) is 12.8 Å². The van der Waals surface area contributed by atoms with Gasteiger partial charge in [-0.3, -0.25) is 0 Å². The van der Waals surface area contributed by atoms with Crippen LogP contribution in [-0.2, 0) is 30.0 Å². The first kappa shape index (κ1) is 49.9. The van der Waals surface area contributed by atoms with Crippen LogP contribution in [0.4, 0.5) is 0 Å². The van der Waals surface area contributed by atoms with Gasteiger partial charge in [0.2, 0.25) is 0 Å². The molecule has 0 aliphatic carbocycles. The minimum atomic E-state index is -0.991. The summed E-state index contributed by atoms with van der Waals surface area (Å²) in [5.74, 6) is -1.98. The van der Waals surface area contributed by atoms with E-state index in [4.69, 9.17) is 0 Å². The number of aliphatic carboxylic acids is 2. The minimum absolute atomic E-state index is 0. The molecule has 0 saturated heterocycles. The smallest absolute Gasteiger partial charge is 0.550 e. The monoisotopic (exact) mass is 760 g/mol. The molecule has 0 amide bonds. The Morgan fingerprint density at radius 1 is 0.327 bits per heavy atom. The SMILES string of the molecule is CC/C=C\C/C=C\C/C=C\C/C=C\C/C=C\C/C=C\CCC(=O)[O-].CC/C=C\C/C=C\C/C=C\C/C=C\C/C=C\C/C=C\CCC(=O)[O-].[Pd+2]. The molecular weight excluding hydrogens is 699 g/mol. The number of carboxylic acids is 2. The molecule has 0 saturated carbocycles. The summed E-state index contributed by atoms with van der Waals surface area (Å²) in [6.07, 6.45) is 64.2. The fourth-order valence-corrected chi connectivity index (χ4v) is 3.68. The van der Waals surface area contributed by atoms with Gasteiger partial charge in [0.25, 0.3) is 0 Å². The third-order valence-corrected chi connectivity index (χ3v) is 6.22. The molecule has 0 bridgehead atoms. The Morgan fingerprint density at radius 3 is 0.653 bits per heavy atom. The van der Waals surface area contributed by atoms with E-state index in [1.54, 1.807) is 0 Å². The molecule has 0 unspecified atom stereocenters. The van der Waals surface area contributed by atoms with Crippen molar-refractivity contribution < 1.29 is 40.2 Å². The first-order chi connectivity index (χ1) is 23.5. The van der Waals surface area contributed by atoms with E-state index in [-0.39, 0.29) is 33.3 Å². The number of carbonyl (C=O) groups excluding carboxylic acids is 2. The topological polar surface area (TPSA) is 80.3 Å². The summed E-state index contributed by atoms with van der Waals surface area (Å²) in [5, 5.41) is 20.4. The average Bonchev–Trinajstić information content (AvgIpc) is 3.07. The Balaban J connectivity index is -0.000000846. The van der Waals surface area contributed by atoms with Gasteiger partial charge in [-0.1, -0.05) is 160 Å². The maximum absolute atomic E-state index is 10.2. The van der Waals surface area contributed by atoms with Crippen molar-refractivity contribution in [3.05, 3.63) is 146 Å². The quantitative estimate of drug-likeness (QED) is 0.0587. The van der Waals surface area contributed by atoms with Crippen molar-refractivity contribution in [3.8, 4) is 0 Å². The second-order valence-corrected chi connectivity index (χ2v) is 10.7. The summed E-state index contributed by atoms with van der Waals surface area (Å²) in [5.41, 5.74) is 0. The molecule has 0 heterocycles. The first-order valence-electron chi connectivity index (χ1n) is 17.7. The molecule has 0 aliphatic heterocycles. The Morgan fingerprint density at radius 2 is 0.490 bits per heavy atom. The molecule has 272 valence electrons. The molecule has 0 N–H and O–H groups in total. The largest absolute Gasteiger partial charge is 2.00 e. The molecule has 0 rings (SSSR count). The molecule has 0 atom stereocenters. The van der Waals surface area contributed by atoms with Crippen LogP contribution >= 0.6 is 0 Å². The molecule has 0 aromatic rings. The fourth-order valence-electron chi connectivity index (χ4n) is 3.68. The third-order valence-electron chi connectivity index (χ3n) is 6.22. The van der Waals surface area contributed by atoms with Crippen molar-refractivity contribution in [1.82, 2.24) is 0 Å². The zero-order valence-electron chi connectivity index (χ0n) is 30.1. The van der Waals surface area contributed by atoms with Crippen LogP contribution in [0.3, 0.4) is 0 Å². The van der Waals surface area contributed by atoms with E-state index >= 15 is 0 Å². The van der Waals surface area contributed by atoms with Crippen LogP contribution in [0.25, 0.3) is 0 Å². The maximum atomic E-state index is 10.2. The number of carbonyl (C=O) groups is 2. The van der Waals surface area contributed by atoms with Crippen molar-refractivity contribution >= 4 is 11.9 Å². The van der Waals surface area contributed by atoms with E-state index in [1.165, 1.54) is 0 Å². The zero-order chi connectivity index (χ0) is 35.4. The van der Waals surface area contributed by atoms with E-state index in [1.807, 2.05) is 24.3 Å². The van der Waals surface area contributed by atoms with Gasteiger partial charge in [-0.25, -0.2) is 0 Å². The van der Waals surface area contributed by atoms with Gasteiger partial charge < -0.3 is 19.8 Å². The second kappa shape index (κ2) is 46.6. The molecule has 0 aromatic heterocycles. The second-order valence-electron chi connectivity index (χ2n) is 10.7. The van der Waals surface area contributed by atoms with Crippen LogP contribution in [0.15, 0.2) is 146 Å². The molecular formula is C44H62O4Pd. The van der Waals surface area contributed by atoms with Crippen molar-refractivity contribution in [1.29, 1.82) is 0 Å². The molecule has 0 fully saturated rings. The molecule has 49 heavy (non-hydrogen) atoms. The van der Waals surface area contributed by atoms with Crippen molar-refractivity contribution in [3.63, 3.8) is 0 Å². The molecule has 0 spiro atoms. The average molecular weight is 761 g/mol. The summed E-state index contributed by atoms with van der Waals surface area (Å²) in [7, 11) is 0. The maximum Gasteiger partial charge on any atom is 2.00 e.